The predicted octanol–water partition coefficient (Wildman–Crippen LogP) is -0.689. The summed E-state index contributed by atoms with van der Waals surface area (Å²) in [6.45, 7) is 3.17. The first kappa shape index (κ1) is 11.4. The Labute approximate surface area is 75.4 Å². The maximum atomic E-state index is 10.8. The first-order chi connectivity index (χ1) is 6.11. The number of hydrogen-bond acceptors (Lipinski definition) is 4. The number of nitrogens with two attached hydrogens (primary N) is 1. The summed E-state index contributed by atoms with van der Waals surface area (Å²) in [5, 5.41) is 10.5. The van der Waals surface area contributed by atoms with Crippen LogP contribution < -0.4 is 11.1 Å². The highest BCUT2D eigenvalue weighted by Gasteiger charge is 2.17. The van der Waals surface area contributed by atoms with Gasteiger partial charge in [-0.1, -0.05) is 12.7 Å². The number of ether oxygens (including phenoxy) is 1. The zero-order chi connectivity index (χ0) is 10.3. The second-order valence-electron chi connectivity index (χ2n) is 2.16. The predicted molar refractivity (Wildman–Crippen MR) is 45.2 cm³/mol. The number of carbonyl (C=O) groups is 2. The molecule has 0 saturated heterocycles. The zero-order valence-corrected chi connectivity index (χ0v) is 7.03. The highest BCUT2D eigenvalue weighted by molar-refractivity contribution is 5.80. The summed E-state index contributed by atoms with van der Waals surface area (Å²) in [5.74, 6) is -1.20. The van der Waals surface area contributed by atoms with Gasteiger partial charge >= 0.3 is 12.1 Å². The molecule has 74 valence electrons. The summed E-state index contributed by atoms with van der Waals surface area (Å²) < 4.78 is 4.49. The van der Waals surface area contributed by atoms with Gasteiger partial charge in [0.25, 0.3) is 0 Å². The third kappa shape index (κ3) is 4.81. The molecule has 0 aliphatic heterocycles. The van der Waals surface area contributed by atoms with Gasteiger partial charge < -0.3 is 20.9 Å². The number of nitrogens with one attached hydrogen (secondary N) is 1. The standard InChI is InChI=1S/C7H12N2O4/c1-2-3-13-7(12)9-5(4-8)6(10)11/h2,5H,1,3-4,8H2,(H,9,12)(H,10,11). The van der Waals surface area contributed by atoms with Gasteiger partial charge in [0.2, 0.25) is 0 Å². The molecule has 1 atom stereocenters. The third-order valence-corrected chi connectivity index (χ3v) is 1.16. The number of carboxylic acids is 1. The summed E-state index contributed by atoms with van der Waals surface area (Å²) in [4.78, 5) is 21.1. The molecule has 1 unspecified atom stereocenters. The second-order valence-corrected chi connectivity index (χ2v) is 2.16. The first-order valence-corrected chi connectivity index (χ1v) is 3.58. The minimum Gasteiger partial charge on any atom is -0.480 e. The van der Waals surface area contributed by atoms with Crippen molar-refractivity contribution in [1.82, 2.24) is 5.32 Å². The largest absolute Gasteiger partial charge is 0.480 e. The summed E-state index contributed by atoms with van der Waals surface area (Å²) >= 11 is 0. The molecule has 6 heteroatoms. The lowest BCUT2D eigenvalue weighted by Crippen LogP contribution is -2.45. The number of rotatable bonds is 5. The van der Waals surface area contributed by atoms with Gasteiger partial charge in [0.05, 0.1) is 0 Å². The van der Waals surface area contributed by atoms with E-state index >= 15 is 0 Å². The van der Waals surface area contributed by atoms with E-state index in [1.165, 1.54) is 6.08 Å². The van der Waals surface area contributed by atoms with Crippen LogP contribution in [0.3, 0.4) is 0 Å². The molecule has 13 heavy (non-hydrogen) atoms. The van der Waals surface area contributed by atoms with E-state index in [-0.39, 0.29) is 13.2 Å². The Bertz CT molecular complexity index is 205. The van der Waals surface area contributed by atoms with Gasteiger partial charge in [-0.25, -0.2) is 9.59 Å². The molecule has 0 fully saturated rings. The molecule has 0 aliphatic carbocycles. The van der Waals surface area contributed by atoms with Gasteiger partial charge in [-0.2, -0.15) is 0 Å². The fraction of sp³-hybridized carbons (Fsp3) is 0.429. The van der Waals surface area contributed by atoms with Crippen molar-refractivity contribution in [1.29, 1.82) is 0 Å². The molecule has 0 rings (SSSR count). The Hall–Kier alpha value is -1.56. The van der Waals surface area contributed by atoms with Gasteiger partial charge in [-0.15, -0.1) is 0 Å². The van der Waals surface area contributed by atoms with E-state index in [2.05, 4.69) is 16.6 Å². The highest BCUT2D eigenvalue weighted by atomic mass is 16.5. The Morgan fingerprint density at radius 3 is 2.69 bits per heavy atom. The van der Waals surface area contributed by atoms with Gasteiger partial charge in [0.1, 0.15) is 12.6 Å². The number of hydrogen-bond donors (Lipinski definition) is 3. The average Bonchev–Trinajstić information content (AvgIpc) is 2.10. The van der Waals surface area contributed by atoms with Gasteiger partial charge in [0.15, 0.2) is 0 Å². The van der Waals surface area contributed by atoms with Crippen LogP contribution in [0.25, 0.3) is 0 Å². The molecule has 0 aromatic rings. The first-order valence-electron chi connectivity index (χ1n) is 3.58. The van der Waals surface area contributed by atoms with Crippen LogP contribution in [0.1, 0.15) is 0 Å². The highest BCUT2D eigenvalue weighted by Crippen LogP contribution is 1.84. The molecule has 0 aliphatic rings. The average molecular weight is 188 g/mol. The number of carboxylic acid groups (broad SMARTS) is 1. The van der Waals surface area contributed by atoms with Crippen molar-refractivity contribution in [2.24, 2.45) is 5.73 Å². The number of carbonyl (C=O) groups excluding carboxylic acids is 1. The summed E-state index contributed by atoms with van der Waals surface area (Å²) in [6, 6.07) is -1.11. The molecule has 1 amide bonds. The lowest BCUT2D eigenvalue weighted by atomic mass is 10.3. The van der Waals surface area contributed by atoms with Crippen LogP contribution in [-0.4, -0.2) is 36.4 Å². The van der Waals surface area contributed by atoms with Crippen molar-refractivity contribution in [3.05, 3.63) is 12.7 Å². The van der Waals surface area contributed by atoms with Crippen molar-refractivity contribution in [3.63, 3.8) is 0 Å². The maximum absolute atomic E-state index is 10.8. The number of amides is 1. The molecule has 4 N–H and O–H groups in total. The molecular weight excluding hydrogens is 176 g/mol. The van der Waals surface area contributed by atoms with Gasteiger partial charge in [0, 0.05) is 6.54 Å². The zero-order valence-electron chi connectivity index (χ0n) is 7.03. The summed E-state index contributed by atoms with van der Waals surface area (Å²) in [7, 11) is 0. The SMILES string of the molecule is C=CCOC(=O)NC(CN)C(=O)O. The Kier molecular flexibility index (Phi) is 5.29. The van der Waals surface area contributed by atoms with Crippen LogP contribution in [0, 0.1) is 0 Å². The quantitative estimate of drug-likeness (QED) is 0.496. The van der Waals surface area contributed by atoms with E-state index in [4.69, 9.17) is 10.8 Å². The molecule has 0 radical (unpaired) electrons. The molecule has 0 bridgehead atoms. The van der Waals surface area contributed by atoms with E-state index < -0.39 is 18.1 Å². The molecule has 0 saturated carbocycles. The van der Waals surface area contributed by atoms with Crippen molar-refractivity contribution in [2.75, 3.05) is 13.2 Å². The summed E-state index contributed by atoms with van der Waals surface area (Å²) in [6.07, 6.45) is 0.551. The normalized spacial score (nSPS) is 11.5. The van der Waals surface area contributed by atoms with Crippen LogP contribution in [0.15, 0.2) is 12.7 Å². The van der Waals surface area contributed by atoms with Gasteiger partial charge in [-0.05, 0) is 0 Å². The molecular formula is C7H12N2O4. The topological polar surface area (TPSA) is 102 Å². The van der Waals surface area contributed by atoms with E-state index in [9.17, 15) is 9.59 Å². The Morgan fingerprint density at radius 1 is 1.69 bits per heavy atom. The van der Waals surface area contributed by atoms with E-state index in [1.54, 1.807) is 0 Å². The van der Waals surface area contributed by atoms with Crippen LogP contribution in [0.5, 0.6) is 0 Å². The van der Waals surface area contributed by atoms with Crippen molar-refractivity contribution >= 4 is 12.1 Å². The van der Waals surface area contributed by atoms with Crippen LogP contribution in [-0.2, 0) is 9.53 Å². The van der Waals surface area contributed by atoms with Crippen molar-refractivity contribution < 1.29 is 19.4 Å². The summed E-state index contributed by atoms with van der Waals surface area (Å²) in [5.41, 5.74) is 5.08. The van der Waals surface area contributed by atoms with E-state index in [0.717, 1.165) is 0 Å². The number of alkyl carbamates (subject to hydrolysis) is 1. The maximum Gasteiger partial charge on any atom is 0.408 e. The van der Waals surface area contributed by atoms with E-state index in [1.807, 2.05) is 0 Å². The fourth-order valence-electron chi connectivity index (χ4n) is 0.540. The molecule has 0 heterocycles. The lowest BCUT2D eigenvalue weighted by Gasteiger charge is -2.11. The van der Waals surface area contributed by atoms with Crippen LogP contribution in [0.4, 0.5) is 4.79 Å². The molecule has 0 aromatic carbocycles. The van der Waals surface area contributed by atoms with Crippen molar-refractivity contribution in [3.8, 4) is 0 Å². The molecule has 0 aromatic heterocycles. The Balaban J connectivity index is 3.86. The fourth-order valence-corrected chi connectivity index (χ4v) is 0.540. The minimum absolute atomic E-state index is 0.0305. The molecule has 0 spiro atoms. The van der Waals surface area contributed by atoms with Crippen LogP contribution in [0.2, 0.25) is 0 Å². The lowest BCUT2D eigenvalue weighted by molar-refractivity contribution is -0.139. The molecule has 6 nitrogen and oxygen atoms in total. The van der Waals surface area contributed by atoms with E-state index in [0.29, 0.717) is 0 Å². The Morgan fingerprint density at radius 2 is 2.31 bits per heavy atom. The second kappa shape index (κ2) is 6.01. The monoisotopic (exact) mass is 188 g/mol. The number of aliphatic carboxylic acids is 1. The van der Waals surface area contributed by atoms with Crippen LogP contribution >= 0.6 is 0 Å². The smallest absolute Gasteiger partial charge is 0.408 e. The van der Waals surface area contributed by atoms with Crippen molar-refractivity contribution in [2.45, 2.75) is 6.04 Å². The minimum atomic E-state index is -1.20. The third-order valence-electron chi connectivity index (χ3n) is 1.16. The van der Waals surface area contributed by atoms with Gasteiger partial charge in [-0.3, -0.25) is 0 Å².